The van der Waals surface area contributed by atoms with Crippen LogP contribution in [0.3, 0.4) is 0 Å². The minimum atomic E-state index is 0.873. The molecule has 0 fully saturated rings. The summed E-state index contributed by atoms with van der Waals surface area (Å²) in [7, 11) is 0. The van der Waals surface area contributed by atoms with Gasteiger partial charge in [0.2, 0.25) is 0 Å². The van der Waals surface area contributed by atoms with E-state index in [1.165, 1.54) is 54.1 Å². The Bertz CT molecular complexity index is 3150. The Kier molecular flexibility index (Phi) is 5.96. The van der Waals surface area contributed by atoms with Crippen molar-refractivity contribution < 1.29 is 4.42 Å². The lowest BCUT2D eigenvalue weighted by Gasteiger charge is -2.28. The number of furan rings is 1. The third-order valence-corrected chi connectivity index (χ3v) is 10.6. The van der Waals surface area contributed by atoms with Crippen LogP contribution in [0.25, 0.3) is 81.7 Å². The van der Waals surface area contributed by atoms with Crippen LogP contribution in [0.5, 0.6) is 0 Å². The first-order chi connectivity index (χ1) is 25.3. The maximum Gasteiger partial charge on any atom is 0.137 e. The van der Waals surface area contributed by atoms with Crippen molar-refractivity contribution in [3.05, 3.63) is 182 Å². The van der Waals surface area contributed by atoms with E-state index in [-0.39, 0.29) is 0 Å². The Balaban J connectivity index is 1.24. The Hall–Kier alpha value is -6.84. The monoisotopic (exact) mass is 650 g/mol. The van der Waals surface area contributed by atoms with Gasteiger partial charge in [-0.05, 0) is 87.6 Å². The van der Waals surface area contributed by atoms with Crippen LogP contribution in [-0.2, 0) is 0 Å². The van der Waals surface area contributed by atoms with Crippen molar-refractivity contribution in [3.8, 4) is 5.69 Å². The van der Waals surface area contributed by atoms with Gasteiger partial charge in [-0.2, -0.15) is 0 Å². The van der Waals surface area contributed by atoms with Gasteiger partial charge < -0.3 is 13.9 Å². The maximum atomic E-state index is 6.45. The normalized spacial score (nSPS) is 11.9. The molecule has 0 aliphatic rings. The second kappa shape index (κ2) is 10.8. The number of hydrogen-bond acceptors (Lipinski definition) is 2. The zero-order valence-corrected chi connectivity index (χ0v) is 27.6. The fourth-order valence-corrected chi connectivity index (χ4v) is 8.34. The molecule has 0 saturated carbocycles. The lowest BCUT2D eigenvalue weighted by Crippen LogP contribution is -2.11. The fraction of sp³-hybridized carbons (Fsp3) is 0. The average Bonchev–Trinajstić information content (AvgIpc) is 3.74. The number of nitrogens with zero attached hydrogens (tertiary/aromatic N) is 2. The summed E-state index contributed by atoms with van der Waals surface area (Å²) in [5, 5.41) is 12.1. The quantitative estimate of drug-likeness (QED) is 0.177. The maximum absolute atomic E-state index is 6.45. The highest BCUT2D eigenvalue weighted by molar-refractivity contribution is 6.21. The molecule has 238 valence electrons. The van der Waals surface area contributed by atoms with E-state index in [1.807, 2.05) is 6.07 Å². The first kappa shape index (κ1) is 28.0. The molecule has 0 spiro atoms. The van der Waals surface area contributed by atoms with Crippen LogP contribution in [-0.4, -0.2) is 4.57 Å². The summed E-state index contributed by atoms with van der Waals surface area (Å²) < 4.78 is 8.82. The van der Waals surface area contributed by atoms with Crippen LogP contribution in [0.15, 0.2) is 186 Å². The molecule has 11 aromatic rings. The number of rotatable bonds is 4. The predicted octanol–water partition coefficient (Wildman–Crippen LogP) is 13.6. The SMILES string of the molecule is c1ccc(-n2c3ccccc3c3cc(N(c4cccc5c4ccc4c6ccccc6ccc54)c4cccc5oc6ccccc6c45)ccc32)cc1. The van der Waals surface area contributed by atoms with Gasteiger partial charge in [0.25, 0.3) is 0 Å². The average molecular weight is 651 g/mol. The topological polar surface area (TPSA) is 21.3 Å². The minimum absolute atomic E-state index is 0.873. The molecule has 0 aliphatic carbocycles. The zero-order valence-electron chi connectivity index (χ0n) is 27.6. The predicted molar refractivity (Wildman–Crippen MR) is 215 cm³/mol. The van der Waals surface area contributed by atoms with Gasteiger partial charge in [-0.3, -0.25) is 0 Å². The van der Waals surface area contributed by atoms with E-state index in [0.29, 0.717) is 0 Å². The molecule has 0 unspecified atom stereocenters. The van der Waals surface area contributed by atoms with Crippen molar-refractivity contribution in [1.29, 1.82) is 0 Å². The second-order valence-electron chi connectivity index (χ2n) is 13.3. The van der Waals surface area contributed by atoms with Gasteiger partial charge in [0, 0.05) is 32.9 Å². The van der Waals surface area contributed by atoms with E-state index in [1.54, 1.807) is 0 Å². The standard InChI is InChI=1S/C48H30N2O/c1-2-13-32(14-3-1)49-42-19-8-6-16-38(42)41-30-33(25-29-44(41)49)50(45-21-11-23-47-48(45)40-17-7-9-22-46(40)51-47)43-20-10-18-35-37-26-24-31-12-4-5-15-34(31)36(37)27-28-39(35)43/h1-30H. The highest BCUT2D eigenvalue weighted by atomic mass is 16.3. The highest BCUT2D eigenvalue weighted by Crippen LogP contribution is 2.47. The molecule has 0 aliphatic heterocycles. The van der Waals surface area contributed by atoms with Crippen LogP contribution < -0.4 is 4.90 Å². The van der Waals surface area contributed by atoms with Gasteiger partial charge in [-0.1, -0.05) is 121 Å². The summed E-state index contributed by atoms with van der Waals surface area (Å²) in [6, 6.07) is 65.6. The fourth-order valence-electron chi connectivity index (χ4n) is 8.34. The number of benzene rings is 9. The second-order valence-corrected chi connectivity index (χ2v) is 13.3. The number of anilines is 3. The molecule has 0 amide bonds. The summed E-state index contributed by atoms with van der Waals surface area (Å²) in [4.78, 5) is 2.44. The molecule has 2 aromatic heterocycles. The molecule has 2 heterocycles. The molecule has 0 N–H and O–H groups in total. The van der Waals surface area contributed by atoms with Crippen molar-refractivity contribution in [3.63, 3.8) is 0 Å². The minimum Gasteiger partial charge on any atom is -0.456 e. The summed E-state index contributed by atoms with van der Waals surface area (Å²) in [6.45, 7) is 0. The van der Waals surface area contributed by atoms with Gasteiger partial charge in [-0.25, -0.2) is 0 Å². The zero-order chi connectivity index (χ0) is 33.5. The molecule has 0 radical (unpaired) electrons. The van der Waals surface area contributed by atoms with E-state index < -0.39 is 0 Å². The Morgan fingerprint density at radius 1 is 0.373 bits per heavy atom. The van der Waals surface area contributed by atoms with E-state index in [0.717, 1.165) is 44.7 Å². The molecule has 0 bridgehead atoms. The third-order valence-electron chi connectivity index (χ3n) is 10.6. The molecular weight excluding hydrogens is 621 g/mol. The van der Waals surface area contributed by atoms with Crippen molar-refractivity contribution in [1.82, 2.24) is 4.57 Å². The molecule has 51 heavy (non-hydrogen) atoms. The smallest absolute Gasteiger partial charge is 0.137 e. The Labute approximate surface area is 293 Å². The summed E-state index contributed by atoms with van der Waals surface area (Å²) in [5.41, 5.74) is 8.55. The molecule has 3 nitrogen and oxygen atoms in total. The number of hydrogen-bond donors (Lipinski definition) is 0. The highest BCUT2D eigenvalue weighted by Gasteiger charge is 2.23. The molecule has 3 heteroatoms. The number of aromatic nitrogens is 1. The molecule has 0 atom stereocenters. The van der Waals surface area contributed by atoms with Crippen molar-refractivity contribution in [2.75, 3.05) is 4.90 Å². The lowest BCUT2D eigenvalue weighted by molar-refractivity contribution is 0.669. The molecule has 9 aromatic carbocycles. The largest absolute Gasteiger partial charge is 0.456 e. The first-order valence-corrected chi connectivity index (χ1v) is 17.4. The van der Waals surface area contributed by atoms with Gasteiger partial charge in [-0.15, -0.1) is 0 Å². The van der Waals surface area contributed by atoms with Crippen LogP contribution in [0.2, 0.25) is 0 Å². The summed E-state index contributed by atoms with van der Waals surface area (Å²) in [5.74, 6) is 0. The van der Waals surface area contributed by atoms with E-state index >= 15 is 0 Å². The lowest BCUT2D eigenvalue weighted by atomic mass is 9.96. The number of para-hydroxylation sites is 3. The van der Waals surface area contributed by atoms with Gasteiger partial charge in [0.1, 0.15) is 11.2 Å². The molecule has 0 saturated heterocycles. The summed E-state index contributed by atoms with van der Waals surface area (Å²) >= 11 is 0. The third kappa shape index (κ3) is 4.12. The number of fused-ring (bicyclic) bond motifs is 11. The van der Waals surface area contributed by atoms with Crippen molar-refractivity contribution >= 4 is 93.1 Å². The van der Waals surface area contributed by atoms with E-state index in [2.05, 4.69) is 185 Å². The van der Waals surface area contributed by atoms with Gasteiger partial charge >= 0.3 is 0 Å². The summed E-state index contributed by atoms with van der Waals surface area (Å²) in [6.07, 6.45) is 0. The molecule has 11 rings (SSSR count). The Morgan fingerprint density at radius 2 is 1.00 bits per heavy atom. The van der Waals surface area contributed by atoms with Crippen LogP contribution in [0, 0.1) is 0 Å². The van der Waals surface area contributed by atoms with Crippen LogP contribution >= 0.6 is 0 Å². The van der Waals surface area contributed by atoms with Crippen LogP contribution in [0.4, 0.5) is 17.1 Å². The van der Waals surface area contributed by atoms with Gasteiger partial charge in [0.05, 0.1) is 27.8 Å². The van der Waals surface area contributed by atoms with Crippen molar-refractivity contribution in [2.24, 2.45) is 0 Å². The first-order valence-electron chi connectivity index (χ1n) is 17.4. The van der Waals surface area contributed by atoms with E-state index in [4.69, 9.17) is 4.42 Å². The Morgan fingerprint density at radius 3 is 1.92 bits per heavy atom. The molecular formula is C48H30N2O. The van der Waals surface area contributed by atoms with Crippen LogP contribution in [0.1, 0.15) is 0 Å². The van der Waals surface area contributed by atoms with E-state index in [9.17, 15) is 0 Å². The van der Waals surface area contributed by atoms with Gasteiger partial charge in [0.15, 0.2) is 0 Å². The van der Waals surface area contributed by atoms with Crippen molar-refractivity contribution in [2.45, 2.75) is 0 Å².